The van der Waals surface area contributed by atoms with Gasteiger partial charge in [-0.15, -0.1) is 11.3 Å². The number of benzene rings is 1. The Hall–Kier alpha value is -2.14. The van der Waals surface area contributed by atoms with Gasteiger partial charge in [-0.2, -0.15) is 0 Å². The summed E-state index contributed by atoms with van der Waals surface area (Å²) in [4.78, 5) is 23.6. The van der Waals surface area contributed by atoms with Crippen LogP contribution in [0.25, 0.3) is 0 Å². The van der Waals surface area contributed by atoms with Crippen molar-refractivity contribution < 1.29 is 9.59 Å². The van der Waals surface area contributed by atoms with E-state index in [9.17, 15) is 9.59 Å². The van der Waals surface area contributed by atoms with E-state index < -0.39 is 0 Å². The largest absolute Gasteiger partial charge is 0.326 e. The van der Waals surface area contributed by atoms with Gasteiger partial charge in [0.05, 0.1) is 4.88 Å². The molecule has 0 atom stereocenters. The van der Waals surface area contributed by atoms with Crippen LogP contribution in [0.2, 0.25) is 0 Å². The van der Waals surface area contributed by atoms with Crippen LogP contribution >= 0.6 is 11.3 Å². The lowest BCUT2D eigenvalue weighted by atomic mass is 10.1. The lowest BCUT2D eigenvalue weighted by molar-refractivity contribution is -0.114. The maximum absolute atomic E-state index is 11.9. The number of rotatable bonds is 3. The molecule has 2 N–H and O–H groups in total. The summed E-state index contributed by atoms with van der Waals surface area (Å²) >= 11 is 1.39. The molecule has 2 amide bonds. The molecule has 0 unspecified atom stereocenters. The fourth-order valence-corrected chi connectivity index (χ4v) is 2.24. The van der Waals surface area contributed by atoms with Crippen LogP contribution in [-0.2, 0) is 4.79 Å². The number of amides is 2. The zero-order valence-corrected chi connectivity index (χ0v) is 11.5. The maximum atomic E-state index is 11.9. The molecule has 19 heavy (non-hydrogen) atoms. The van der Waals surface area contributed by atoms with Gasteiger partial charge in [-0.25, -0.2) is 0 Å². The highest BCUT2D eigenvalue weighted by Crippen LogP contribution is 2.21. The molecule has 1 aromatic heterocycles. The smallest absolute Gasteiger partial charge is 0.265 e. The third kappa shape index (κ3) is 3.42. The molecule has 98 valence electrons. The Morgan fingerprint density at radius 1 is 1.16 bits per heavy atom. The number of nitrogens with one attached hydrogen (secondary N) is 2. The van der Waals surface area contributed by atoms with Gasteiger partial charge in [-0.1, -0.05) is 12.1 Å². The van der Waals surface area contributed by atoms with Crippen molar-refractivity contribution >= 4 is 34.5 Å². The molecule has 0 fully saturated rings. The van der Waals surface area contributed by atoms with Gasteiger partial charge in [0.2, 0.25) is 5.91 Å². The van der Waals surface area contributed by atoms with Gasteiger partial charge in [0.1, 0.15) is 0 Å². The second-order valence-electron chi connectivity index (χ2n) is 4.14. The summed E-state index contributed by atoms with van der Waals surface area (Å²) in [5, 5.41) is 7.39. The van der Waals surface area contributed by atoms with Crippen molar-refractivity contribution in [3.05, 3.63) is 46.2 Å². The average molecular weight is 274 g/mol. The summed E-state index contributed by atoms with van der Waals surface area (Å²) in [5.41, 5.74) is 2.31. The Bertz CT molecular complexity index is 606. The first-order valence-electron chi connectivity index (χ1n) is 5.79. The minimum atomic E-state index is -0.146. The van der Waals surface area contributed by atoms with Crippen LogP contribution in [0.1, 0.15) is 22.2 Å². The van der Waals surface area contributed by atoms with Crippen LogP contribution in [0.5, 0.6) is 0 Å². The van der Waals surface area contributed by atoms with Crippen molar-refractivity contribution in [3.63, 3.8) is 0 Å². The Morgan fingerprint density at radius 2 is 1.95 bits per heavy atom. The van der Waals surface area contributed by atoms with Gasteiger partial charge in [0, 0.05) is 18.3 Å². The quantitative estimate of drug-likeness (QED) is 0.902. The first kappa shape index (κ1) is 13.3. The Kier molecular flexibility index (Phi) is 3.97. The van der Waals surface area contributed by atoms with Crippen LogP contribution in [0, 0.1) is 6.92 Å². The second-order valence-corrected chi connectivity index (χ2v) is 5.09. The van der Waals surface area contributed by atoms with Gasteiger partial charge in [0.25, 0.3) is 5.91 Å². The van der Waals surface area contributed by atoms with Crippen LogP contribution in [-0.4, -0.2) is 11.8 Å². The highest BCUT2D eigenvalue weighted by atomic mass is 32.1. The lowest BCUT2D eigenvalue weighted by Crippen LogP contribution is -2.11. The number of hydrogen-bond acceptors (Lipinski definition) is 3. The number of anilines is 2. The Labute approximate surface area is 115 Å². The van der Waals surface area contributed by atoms with Crippen molar-refractivity contribution in [2.75, 3.05) is 10.6 Å². The predicted molar refractivity (Wildman–Crippen MR) is 77.8 cm³/mol. The van der Waals surface area contributed by atoms with E-state index in [0.717, 1.165) is 5.56 Å². The molecule has 0 bridgehead atoms. The molecule has 0 radical (unpaired) electrons. The van der Waals surface area contributed by atoms with E-state index in [2.05, 4.69) is 10.6 Å². The van der Waals surface area contributed by atoms with E-state index in [1.54, 1.807) is 12.1 Å². The molecule has 5 heteroatoms. The summed E-state index contributed by atoms with van der Waals surface area (Å²) in [5.74, 6) is -0.280. The van der Waals surface area contributed by atoms with Crippen LogP contribution < -0.4 is 10.6 Å². The third-order valence-corrected chi connectivity index (χ3v) is 3.42. The maximum Gasteiger partial charge on any atom is 0.265 e. The molecule has 0 aliphatic carbocycles. The Balaban J connectivity index is 2.17. The van der Waals surface area contributed by atoms with E-state index >= 15 is 0 Å². The topological polar surface area (TPSA) is 58.2 Å². The fourth-order valence-electron chi connectivity index (χ4n) is 1.62. The molecule has 0 aliphatic heterocycles. The molecule has 1 aromatic carbocycles. The van der Waals surface area contributed by atoms with Gasteiger partial charge in [0.15, 0.2) is 0 Å². The monoisotopic (exact) mass is 274 g/mol. The van der Waals surface area contributed by atoms with Gasteiger partial charge >= 0.3 is 0 Å². The molecule has 2 aromatic rings. The van der Waals surface area contributed by atoms with E-state index in [0.29, 0.717) is 16.3 Å². The Morgan fingerprint density at radius 3 is 2.58 bits per heavy atom. The summed E-state index contributed by atoms with van der Waals surface area (Å²) < 4.78 is 0. The average Bonchev–Trinajstić information content (AvgIpc) is 2.86. The van der Waals surface area contributed by atoms with E-state index in [4.69, 9.17) is 0 Å². The molecule has 1 heterocycles. The lowest BCUT2D eigenvalue weighted by Gasteiger charge is -2.10. The minimum Gasteiger partial charge on any atom is -0.326 e. The molecule has 2 rings (SSSR count). The number of aryl methyl sites for hydroxylation is 1. The van der Waals surface area contributed by atoms with Crippen molar-refractivity contribution in [3.8, 4) is 0 Å². The summed E-state index contributed by atoms with van der Waals surface area (Å²) in [7, 11) is 0. The molecular weight excluding hydrogens is 260 g/mol. The summed E-state index contributed by atoms with van der Waals surface area (Å²) in [6.07, 6.45) is 0. The normalized spacial score (nSPS) is 10.0. The number of hydrogen-bond donors (Lipinski definition) is 2. The van der Waals surface area contributed by atoms with Gasteiger partial charge in [-0.05, 0) is 36.1 Å². The zero-order valence-electron chi connectivity index (χ0n) is 10.7. The molecular formula is C14H14N2O2S. The SMILES string of the molecule is CC(=O)Nc1cc(NC(=O)c2cccs2)ccc1C. The first-order valence-corrected chi connectivity index (χ1v) is 6.67. The molecule has 4 nitrogen and oxygen atoms in total. The number of carbonyl (C=O) groups is 2. The minimum absolute atomic E-state index is 0.134. The molecule has 0 aliphatic rings. The second kappa shape index (κ2) is 5.67. The fraction of sp³-hybridized carbons (Fsp3) is 0.143. The van der Waals surface area contributed by atoms with Crippen molar-refractivity contribution in [2.24, 2.45) is 0 Å². The van der Waals surface area contributed by atoms with Crippen molar-refractivity contribution in [2.45, 2.75) is 13.8 Å². The van der Waals surface area contributed by atoms with Crippen LogP contribution in [0.15, 0.2) is 35.7 Å². The third-order valence-electron chi connectivity index (χ3n) is 2.55. The summed E-state index contributed by atoms with van der Waals surface area (Å²) in [6, 6.07) is 9.02. The van der Waals surface area contributed by atoms with Crippen LogP contribution in [0.3, 0.4) is 0 Å². The van der Waals surface area contributed by atoms with E-state index in [1.807, 2.05) is 30.5 Å². The highest BCUT2D eigenvalue weighted by Gasteiger charge is 2.08. The van der Waals surface area contributed by atoms with E-state index in [1.165, 1.54) is 18.3 Å². The molecule has 0 saturated heterocycles. The van der Waals surface area contributed by atoms with Gasteiger partial charge < -0.3 is 10.6 Å². The van der Waals surface area contributed by atoms with Gasteiger partial charge in [-0.3, -0.25) is 9.59 Å². The number of thiophene rings is 1. The standard InChI is InChI=1S/C14H14N2O2S/c1-9-5-6-11(8-12(9)15-10(2)17)16-14(18)13-4-3-7-19-13/h3-8H,1-2H3,(H,15,17)(H,16,18). The highest BCUT2D eigenvalue weighted by molar-refractivity contribution is 7.12. The molecule has 0 saturated carbocycles. The number of carbonyl (C=O) groups excluding carboxylic acids is 2. The first-order chi connectivity index (χ1) is 9.06. The van der Waals surface area contributed by atoms with Crippen molar-refractivity contribution in [1.29, 1.82) is 0 Å². The summed E-state index contributed by atoms with van der Waals surface area (Å²) in [6.45, 7) is 3.35. The zero-order chi connectivity index (χ0) is 13.8. The molecule has 0 spiro atoms. The van der Waals surface area contributed by atoms with E-state index in [-0.39, 0.29) is 11.8 Å². The van der Waals surface area contributed by atoms with Crippen molar-refractivity contribution in [1.82, 2.24) is 0 Å². The predicted octanol–water partition coefficient (Wildman–Crippen LogP) is 3.27. The van der Waals surface area contributed by atoms with Crippen LogP contribution in [0.4, 0.5) is 11.4 Å².